The summed E-state index contributed by atoms with van der Waals surface area (Å²) in [6, 6.07) is 20.5. The molecule has 0 aliphatic rings. The van der Waals surface area contributed by atoms with Crippen molar-refractivity contribution in [3.8, 4) is 23.4 Å². The first-order valence-electron chi connectivity index (χ1n) is 14.2. The molecule has 4 rings (SSSR count). The molecule has 0 radical (unpaired) electrons. The lowest BCUT2D eigenvalue weighted by molar-refractivity contribution is -0.432. The van der Waals surface area contributed by atoms with Gasteiger partial charge >= 0.3 is 0 Å². The van der Waals surface area contributed by atoms with E-state index in [-0.39, 0.29) is 45.7 Å². The van der Waals surface area contributed by atoms with E-state index in [1.165, 1.54) is 19.1 Å². The first-order valence-corrected chi connectivity index (χ1v) is 14.9. The Hall–Kier alpha value is -5.00. The fourth-order valence-corrected chi connectivity index (χ4v) is 4.92. The van der Waals surface area contributed by atoms with Crippen LogP contribution >= 0.6 is 12.0 Å². The van der Waals surface area contributed by atoms with Gasteiger partial charge in [0, 0.05) is 22.6 Å². The second-order valence-electron chi connectivity index (χ2n) is 11.0. The fourth-order valence-electron chi connectivity index (χ4n) is 4.56. The van der Waals surface area contributed by atoms with E-state index in [0.717, 1.165) is 15.7 Å². The summed E-state index contributed by atoms with van der Waals surface area (Å²) in [4.78, 5) is 27.5. The van der Waals surface area contributed by atoms with Crippen LogP contribution in [0.5, 0.6) is 11.6 Å². The van der Waals surface area contributed by atoms with Crippen LogP contribution in [0.1, 0.15) is 60.3 Å². The number of carbonyl (C=O) groups is 1. The van der Waals surface area contributed by atoms with E-state index in [2.05, 4.69) is 45.7 Å². The molecule has 46 heavy (non-hydrogen) atoms. The van der Waals surface area contributed by atoms with Crippen LogP contribution in [0.3, 0.4) is 0 Å². The third kappa shape index (κ3) is 7.61. The Balaban J connectivity index is 1.66. The molecule has 0 saturated heterocycles. The Morgan fingerprint density at radius 3 is 2.46 bits per heavy atom. The van der Waals surface area contributed by atoms with Crippen molar-refractivity contribution in [1.29, 1.82) is 5.26 Å². The Kier molecular flexibility index (Phi) is 10.9. The number of amides is 1. The zero-order valence-electron chi connectivity index (χ0n) is 25.9. The molecule has 0 spiro atoms. The second kappa shape index (κ2) is 14.9. The van der Waals surface area contributed by atoms with E-state index in [0.29, 0.717) is 29.3 Å². The van der Waals surface area contributed by atoms with Gasteiger partial charge in [-0.2, -0.15) is 5.26 Å². The molecule has 12 nitrogen and oxygen atoms in total. The molecule has 0 fully saturated rings. The minimum atomic E-state index is -0.739. The summed E-state index contributed by atoms with van der Waals surface area (Å²) in [7, 11) is 0. The maximum atomic E-state index is 13.6. The molecule has 0 unspecified atom stereocenters. The van der Waals surface area contributed by atoms with Crippen LogP contribution in [0.15, 0.2) is 86.6 Å². The molecule has 1 aromatic heterocycles. The van der Waals surface area contributed by atoms with Crippen molar-refractivity contribution in [1.82, 2.24) is 9.88 Å². The van der Waals surface area contributed by atoms with Gasteiger partial charge in [-0.15, -0.1) is 14.6 Å². The second-order valence-corrected chi connectivity index (χ2v) is 11.8. The topological polar surface area (TPSA) is 168 Å². The number of hydrogen-bond donors (Lipinski definition) is 3. The van der Waals surface area contributed by atoms with Crippen LogP contribution in [0, 0.1) is 18.3 Å². The third-order valence-electron chi connectivity index (χ3n) is 7.01. The molecule has 0 saturated carbocycles. The van der Waals surface area contributed by atoms with Gasteiger partial charge in [-0.3, -0.25) is 9.59 Å². The molecule has 3 aromatic carbocycles. The number of ether oxygens (including phenoxy) is 1. The molecule has 4 aromatic rings. The van der Waals surface area contributed by atoms with Crippen LogP contribution in [0.2, 0.25) is 0 Å². The van der Waals surface area contributed by atoms with Gasteiger partial charge in [0.15, 0.2) is 5.69 Å². The van der Waals surface area contributed by atoms with Crippen molar-refractivity contribution in [2.24, 2.45) is 10.2 Å². The fraction of sp³-hybridized carbons (Fsp3) is 0.242. The molecule has 0 aliphatic carbocycles. The quantitative estimate of drug-likeness (QED) is 0.0663. The zero-order chi connectivity index (χ0) is 33.4. The number of aromatic hydroxyl groups is 1. The lowest BCUT2D eigenvalue weighted by atomic mass is 9.86. The number of nitrogens with one attached hydrogen (secondary N) is 1. The number of carbonyl (C=O) groups excluding carboxylic acids is 1. The summed E-state index contributed by atoms with van der Waals surface area (Å²) in [5.74, 6) is -0.303. The predicted molar refractivity (Wildman–Crippen MR) is 172 cm³/mol. The van der Waals surface area contributed by atoms with Crippen molar-refractivity contribution in [2.75, 3.05) is 6.61 Å². The summed E-state index contributed by atoms with van der Waals surface area (Å²) < 4.78 is 11.1. The monoisotopic (exact) mass is 643 g/mol. The molecule has 1 amide bonds. The van der Waals surface area contributed by atoms with Crippen LogP contribution in [0.25, 0.3) is 5.69 Å². The van der Waals surface area contributed by atoms with E-state index in [1.807, 2.05) is 31.2 Å². The number of hydrogen-bond acceptors (Lipinski definition) is 11. The Morgan fingerprint density at radius 2 is 1.80 bits per heavy atom. The molecular formula is C33H33N5O7S. The van der Waals surface area contributed by atoms with E-state index in [1.54, 1.807) is 36.4 Å². The Morgan fingerprint density at radius 1 is 1.09 bits per heavy atom. The number of benzene rings is 3. The maximum absolute atomic E-state index is 13.6. The average molecular weight is 644 g/mol. The number of nitriles is 1. The first-order chi connectivity index (χ1) is 22.0. The number of azo groups is 1. The molecule has 0 bridgehead atoms. The summed E-state index contributed by atoms with van der Waals surface area (Å²) in [5, 5.41) is 43.9. The molecule has 238 valence electrons. The SMILES string of the molecule is CCOc1ccc(C(C)(C)C)cc1CNC(=O)c1ccccc1N=Nc1c(C)c(C#N)c(O)n(-c2ccc(SOOO)cc2)c1=O. The number of aromatic nitrogens is 1. The summed E-state index contributed by atoms with van der Waals surface area (Å²) >= 11 is 0.715. The molecule has 13 heteroatoms. The lowest BCUT2D eigenvalue weighted by Crippen LogP contribution is -2.23. The third-order valence-corrected chi connectivity index (χ3v) is 7.60. The van der Waals surface area contributed by atoms with Crippen molar-refractivity contribution in [3.05, 3.63) is 105 Å². The van der Waals surface area contributed by atoms with Crippen molar-refractivity contribution in [3.63, 3.8) is 0 Å². The Bertz CT molecular complexity index is 1860. The smallest absolute Gasteiger partial charge is 0.286 e. The highest BCUT2D eigenvalue weighted by atomic mass is 32.2. The summed E-state index contributed by atoms with van der Waals surface area (Å²) in [5.41, 5.74) is 1.48. The molecular weight excluding hydrogens is 610 g/mol. The number of rotatable bonds is 11. The zero-order valence-corrected chi connectivity index (χ0v) is 26.7. The van der Waals surface area contributed by atoms with Crippen molar-refractivity contribution >= 4 is 29.3 Å². The standard InChI is InChI=1S/C33H33N5O7S/c1-6-43-28-16-11-22(33(3,4)5)17-21(28)19-35-30(39)25-9-7-8-10-27(25)36-37-29-20(2)26(18-34)31(40)38(32(29)41)23-12-14-24(15-13-23)46-45-44-42/h7-17,40,42H,6,19H2,1-5H3,(H,35,39). The summed E-state index contributed by atoms with van der Waals surface area (Å²) in [6.45, 7) is 10.4. The van der Waals surface area contributed by atoms with Gasteiger partial charge in [0.25, 0.3) is 11.5 Å². The highest BCUT2D eigenvalue weighted by Gasteiger charge is 2.21. The largest absolute Gasteiger partial charge is 0.494 e. The molecule has 0 atom stereocenters. The van der Waals surface area contributed by atoms with E-state index >= 15 is 0 Å². The van der Waals surface area contributed by atoms with Gasteiger partial charge in [-0.1, -0.05) is 44.0 Å². The minimum Gasteiger partial charge on any atom is -0.494 e. The minimum absolute atomic E-state index is 0.0972. The van der Waals surface area contributed by atoms with Gasteiger partial charge in [0.1, 0.15) is 17.4 Å². The highest BCUT2D eigenvalue weighted by Crippen LogP contribution is 2.31. The van der Waals surface area contributed by atoms with Crippen LogP contribution in [-0.4, -0.2) is 27.4 Å². The normalized spacial score (nSPS) is 11.4. The van der Waals surface area contributed by atoms with Crippen molar-refractivity contribution < 1.29 is 29.3 Å². The maximum Gasteiger partial charge on any atom is 0.286 e. The van der Waals surface area contributed by atoms with Crippen LogP contribution in [0.4, 0.5) is 11.4 Å². The van der Waals surface area contributed by atoms with E-state index in [4.69, 9.17) is 9.99 Å². The van der Waals surface area contributed by atoms with Gasteiger partial charge < -0.3 is 15.2 Å². The van der Waals surface area contributed by atoms with Crippen LogP contribution in [-0.2, 0) is 21.3 Å². The summed E-state index contributed by atoms with van der Waals surface area (Å²) in [6.07, 6.45) is 0. The predicted octanol–water partition coefficient (Wildman–Crippen LogP) is 7.19. The molecule has 0 aliphatic heterocycles. The average Bonchev–Trinajstić information content (AvgIpc) is 3.03. The van der Waals surface area contributed by atoms with Gasteiger partial charge in [-0.25, -0.2) is 9.82 Å². The van der Waals surface area contributed by atoms with Crippen molar-refractivity contribution in [2.45, 2.75) is 51.5 Å². The molecule has 1 heterocycles. The van der Waals surface area contributed by atoms with Crippen LogP contribution < -0.4 is 15.6 Å². The van der Waals surface area contributed by atoms with E-state index < -0.39 is 17.3 Å². The number of nitrogens with zero attached hydrogens (tertiary/aromatic N) is 4. The van der Waals surface area contributed by atoms with E-state index in [9.17, 15) is 20.0 Å². The highest BCUT2D eigenvalue weighted by molar-refractivity contribution is 7.94. The lowest BCUT2D eigenvalue weighted by Gasteiger charge is -2.21. The van der Waals surface area contributed by atoms with Gasteiger partial charge in [0.2, 0.25) is 5.88 Å². The first kappa shape index (κ1) is 33.9. The number of pyridine rings is 1. The Labute approximate surface area is 270 Å². The molecule has 3 N–H and O–H groups in total. The van der Waals surface area contributed by atoms with Gasteiger partial charge in [0.05, 0.1) is 35.6 Å². The van der Waals surface area contributed by atoms with Gasteiger partial charge in [-0.05, 0) is 73.4 Å².